The minimum Gasteiger partial charge on any atom is -0.300 e. The lowest BCUT2D eigenvalue weighted by molar-refractivity contribution is -0.117. The fourth-order valence-corrected chi connectivity index (χ4v) is 0.921. The second-order valence-electron chi connectivity index (χ2n) is 2.40. The molecule has 0 N–H and O–H groups in total. The molecule has 0 aliphatic rings. The van der Waals surface area contributed by atoms with Crippen molar-refractivity contribution in [1.82, 2.24) is 0 Å². The summed E-state index contributed by atoms with van der Waals surface area (Å²) in [5.74, 6) is 6.20. The predicted molar refractivity (Wildman–Crippen MR) is 50.7 cm³/mol. The van der Waals surface area contributed by atoms with Crippen molar-refractivity contribution >= 4 is 21.7 Å². The van der Waals surface area contributed by atoms with Gasteiger partial charge in [0, 0.05) is 12.8 Å². The second-order valence-corrected chi connectivity index (χ2v) is 2.96. The normalized spacial score (nSPS) is 8.55. The quantitative estimate of drug-likeness (QED) is 0.401. The summed E-state index contributed by atoms with van der Waals surface area (Å²) >= 11 is 3.21. The summed E-state index contributed by atoms with van der Waals surface area (Å²) in [6.45, 7) is 1.63. The average molecular weight is 217 g/mol. The molecule has 0 aromatic heterocycles. The maximum atomic E-state index is 10.5. The van der Waals surface area contributed by atoms with Crippen molar-refractivity contribution in [3.05, 3.63) is 0 Å². The van der Waals surface area contributed by atoms with Crippen molar-refractivity contribution in [3.8, 4) is 11.8 Å². The first-order valence-corrected chi connectivity index (χ1v) is 4.90. The van der Waals surface area contributed by atoms with Crippen LogP contribution in [-0.4, -0.2) is 11.1 Å². The molecule has 0 aliphatic heterocycles. The molecule has 1 nitrogen and oxygen atoms in total. The Morgan fingerprint density at radius 1 is 1.36 bits per heavy atom. The Balaban J connectivity index is 3.08. The van der Waals surface area contributed by atoms with Gasteiger partial charge in [0.1, 0.15) is 5.78 Å². The third kappa shape index (κ3) is 9.71. The number of unbranched alkanes of at least 4 members (excludes halogenated alkanes) is 2. The van der Waals surface area contributed by atoms with Crippen molar-refractivity contribution in [2.45, 2.75) is 32.6 Å². The molecule has 0 heterocycles. The summed E-state index contributed by atoms with van der Waals surface area (Å²) in [7, 11) is 0. The second kappa shape index (κ2) is 7.81. The van der Waals surface area contributed by atoms with Gasteiger partial charge in [-0.25, -0.2) is 0 Å². The highest BCUT2D eigenvalue weighted by Crippen LogP contribution is 1.98. The molecule has 0 atom stereocenters. The molecule has 11 heavy (non-hydrogen) atoms. The molecule has 0 aromatic rings. The highest BCUT2D eigenvalue weighted by atomic mass is 79.9. The van der Waals surface area contributed by atoms with Crippen molar-refractivity contribution in [2.75, 3.05) is 5.33 Å². The molecule has 0 fully saturated rings. The number of rotatable bonds is 4. The summed E-state index contributed by atoms with van der Waals surface area (Å²) in [5, 5.41) is 0.750. The van der Waals surface area contributed by atoms with Crippen LogP contribution in [0.4, 0.5) is 0 Å². The fourth-order valence-electron chi connectivity index (χ4n) is 0.723. The maximum absolute atomic E-state index is 10.5. The first-order valence-electron chi connectivity index (χ1n) is 3.78. The lowest BCUT2D eigenvalue weighted by Crippen LogP contribution is -1.88. The van der Waals surface area contributed by atoms with E-state index in [1.54, 1.807) is 6.92 Å². The van der Waals surface area contributed by atoms with Gasteiger partial charge >= 0.3 is 0 Å². The minimum atomic E-state index is 0.276. The summed E-state index contributed by atoms with van der Waals surface area (Å²) < 4.78 is 0. The van der Waals surface area contributed by atoms with Gasteiger partial charge in [-0.1, -0.05) is 21.9 Å². The van der Waals surface area contributed by atoms with Crippen LogP contribution >= 0.6 is 15.9 Å². The number of ketones is 1. The predicted octanol–water partition coefficient (Wildman–Crippen LogP) is 2.53. The van der Waals surface area contributed by atoms with Gasteiger partial charge in [-0.2, -0.15) is 0 Å². The topological polar surface area (TPSA) is 17.1 Å². The summed E-state index contributed by atoms with van der Waals surface area (Å²) in [5.41, 5.74) is 0. The minimum absolute atomic E-state index is 0.276. The molecular weight excluding hydrogens is 204 g/mol. The number of halogens is 1. The molecule has 0 radical (unpaired) electrons. The summed E-state index contributed by atoms with van der Waals surface area (Å²) in [6, 6.07) is 0. The van der Waals surface area contributed by atoms with Gasteiger partial charge in [-0.3, -0.25) is 0 Å². The van der Waals surface area contributed by atoms with Crippen LogP contribution in [0.2, 0.25) is 0 Å². The first-order chi connectivity index (χ1) is 5.27. The zero-order valence-electron chi connectivity index (χ0n) is 6.82. The van der Waals surface area contributed by atoms with Gasteiger partial charge < -0.3 is 4.79 Å². The zero-order valence-corrected chi connectivity index (χ0v) is 8.41. The molecule has 0 rings (SSSR count). The molecular formula is C9H13BrO. The summed E-state index contributed by atoms with van der Waals surface area (Å²) in [6.07, 6.45) is 3.64. The summed E-state index contributed by atoms with van der Waals surface area (Å²) in [4.78, 5) is 10.5. The Hall–Kier alpha value is -0.290. The molecule has 0 saturated carbocycles. The molecule has 0 amide bonds. The van der Waals surface area contributed by atoms with E-state index in [1.807, 2.05) is 0 Å². The lowest BCUT2D eigenvalue weighted by atomic mass is 10.1. The van der Waals surface area contributed by atoms with E-state index < -0.39 is 0 Å². The van der Waals surface area contributed by atoms with Crippen LogP contribution in [0.1, 0.15) is 32.6 Å². The monoisotopic (exact) mass is 216 g/mol. The molecule has 2 heteroatoms. The third-order valence-electron chi connectivity index (χ3n) is 1.27. The highest BCUT2D eigenvalue weighted by molar-refractivity contribution is 9.09. The average Bonchev–Trinajstić information content (AvgIpc) is 1.96. The molecule has 0 unspecified atom stereocenters. The van der Waals surface area contributed by atoms with Crippen molar-refractivity contribution in [3.63, 3.8) is 0 Å². The van der Waals surface area contributed by atoms with E-state index in [4.69, 9.17) is 0 Å². The van der Waals surface area contributed by atoms with Crippen LogP contribution in [0.25, 0.3) is 0 Å². The Bertz CT molecular complexity index is 164. The number of hydrogen-bond donors (Lipinski definition) is 0. The van der Waals surface area contributed by atoms with Crippen molar-refractivity contribution in [2.24, 2.45) is 0 Å². The molecule has 62 valence electrons. The van der Waals surface area contributed by atoms with Gasteiger partial charge in [0.05, 0.1) is 5.33 Å². The van der Waals surface area contributed by atoms with Crippen LogP contribution in [0.15, 0.2) is 0 Å². The molecule has 0 aliphatic carbocycles. The van der Waals surface area contributed by atoms with E-state index in [1.165, 1.54) is 0 Å². The molecule has 0 saturated heterocycles. The largest absolute Gasteiger partial charge is 0.300 e. The smallest absolute Gasteiger partial charge is 0.129 e. The Kier molecular flexibility index (Phi) is 7.61. The van der Waals surface area contributed by atoms with E-state index in [0.717, 1.165) is 24.6 Å². The van der Waals surface area contributed by atoms with Gasteiger partial charge in [-0.05, 0) is 19.8 Å². The van der Waals surface area contributed by atoms with Crippen LogP contribution < -0.4 is 0 Å². The van der Waals surface area contributed by atoms with E-state index in [2.05, 4.69) is 27.8 Å². The number of carbonyl (C=O) groups is 1. The standard InChI is InChI=1S/C9H13BrO/c1-9(11)7-5-3-2-4-6-8-10/h2-3,5,7-8H2,1H3. The first kappa shape index (κ1) is 10.7. The SMILES string of the molecule is CC(=O)CCCCC#CCBr. The number of alkyl halides is 1. The molecule has 0 spiro atoms. The van der Waals surface area contributed by atoms with Gasteiger partial charge in [0.25, 0.3) is 0 Å². The van der Waals surface area contributed by atoms with Crippen LogP contribution in [0, 0.1) is 11.8 Å². The van der Waals surface area contributed by atoms with Crippen molar-refractivity contribution in [1.29, 1.82) is 0 Å². The van der Waals surface area contributed by atoms with E-state index in [0.29, 0.717) is 6.42 Å². The lowest BCUT2D eigenvalue weighted by Gasteiger charge is -1.91. The number of Topliss-reactive ketones (excluding diaryl/α,β-unsaturated/α-hetero) is 1. The Labute approximate surface area is 76.7 Å². The zero-order chi connectivity index (χ0) is 8.53. The fraction of sp³-hybridized carbons (Fsp3) is 0.667. The Morgan fingerprint density at radius 3 is 2.64 bits per heavy atom. The number of carbonyl (C=O) groups excluding carboxylic acids is 1. The highest BCUT2D eigenvalue weighted by Gasteiger charge is 1.90. The van der Waals surface area contributed by atoms with Gasteiger partial charge in [-0.15, -0.1) is 5.92 Å². The molecule has 0 bridgehead atoms. The van der Waals surface area contributed by atoms with Crippen molar-refractivity contribution < 1.29 is 4.79 Å². The van der Waals surface area contributed by atoms with Crippen LogP contribution in [-0.2, 0) is 4.79 Å². The van der Waals surface area contributed by atoms with Crippen LogP contribution in [0.5, 0.6) is 0 Å². The Morgan fingerprint density at radius 2 is 2.09 bits per heavy atom. The van der Waals surface area contributed by atoms with Gasteiger partial charge in [0.15, 0.2) is 0 Å². The van der Waals surface area contributed by atoms with E-state index in [-0.39, 0.29) is 5.78 Å². The van der Waals surface area contributed by atoms with E-state index >= 15 is 0 Å². The maximum Gasteiger partial charge on any atom is 0.129 e. The van der Waals surface area contributed by atoms with Gasteiger partial charge in [0.2, 0.25) is 0 Å². The third-order valence-corrected chi connectivity index (χ3v) is 1.55. The van der Waals surface area contributed by atoms with E-state index in [9.17, 15) is 4.79 Å². The van der Waals surface area contributed by atoms with Crippen LogP contribution in [0.3, 0.4) is 0 Å². The number of hydrogen-bond acceptors (Lipinski definition) is 1. The molecule has 0 aromatic carbocycles.